The van der Waals surface area contributed by atoms with Gasteiger partial charge in [0.1, 0.15) is 11.5 Å². The minimum Gasteiger partial charge on any atom is -0.497 e. The van der Waals surface area contributed by atoms with Crippen molar-refractivity contribution >= 4 is 11.4 Å². The maximum atomic E-state index is 5.14. The summed E-state index contributed by atoms with van der Waals surface area (Å²) in [7, 11) is 3.26. The third kappa shape index (κ3) is 5.53. The number of ether oxygens (including phenoxy) is 2. The summed E-state index contributed by atoms with van der Waals surface area (Å²) in [6, 6.07) is 15.1. The van der Waals surface area contributed by atoms with E-state index in [0.29, 0.717) is 0 Å². The van der Waals surface area contributed by atoms with Crippen molar-refractivity contribution < 1.29 is 19.1 Å². The topological polar surface area (TPSA) is 61.6 Å². The largest absolute Gasteiger partial charge is 0.497 e. The van der Waals surface area contributed by atoms with Crippen molar-refractivity contribution in [1.82, 2.24) is 0 Å². The van der Waals surface area contributed by atoms with Gasteiger partial charge in [-0.25, -0.2) is 0 Å². The van der Waals surface area contributed by atoms with Crippen LogP contribution in [0.3, 0.4) is 0 Å². The molecule has 2 aromatic carbocycles. The highest BCUT2D eigenvalue weighted by molar-refractivity contribution is 5.98. The fraction of sp³-hybridized carbons (Fsp3) is 0.263. The van der Waals surface area contributed by atoms with Crippen LogP contribution in [0.4, 0.5) is 0 Å². The van der Waals surface area contributed by atoms with Gasteiger partial charge >= 0.3 is 0 Å². The van der Waals surface area contributed by atoms with E-state index in [-0.39, 0.29) is 6.79 Å². The lowest BCUT2D eigenvalue weighted by Gasteiger charge is -2.05. The second-order valence-corrected chi connectivity index (χ2v) is 5.19. The van der Waals surface area contributed by atoms with Gasteiger partial charge in [-0.05, 0) is 73.5 Å². The molecule has 2 rings (SSSR count). The van der Waals surface area contributed by atoms with Gasteiger partial charge in [0.05, 0.1) is 25.6 Å². The van der Waals surface area contributed by atoms with Crippen LogP contribution in [0.1, 0.15) is 25.0 Å². The number of oxime groups is 2. The molecule has 0 aliphatic rings. The van der Waals surface area contributed by atoms with Crippen LogP contribution >= 0.6 is 0 Å². The Labute approximate surface area is 147 Å². The van der Waals surface area contributed by atoms with Crippen LogP contribution in [0.5, 0.6) is 11.5 Å². The van der Waals surface area contributed by atoms with Crippen molar-refractivity contribution in [2.24, 2.45) is 10.3 Å². The number of nitrogens with zero attached hydrogens (tertiary/aromatic N) is 2. The average Bonchev–Trinajstić information content (AvgIpc) is 2.67. The number of hydrogen-bond acceptors (Lipinski definition) is 6. The van der Waals surface area contributed by atoms with Crippen molar-refractivity contribution in [2.75, 3.05) is 21.0 Å². The van der Waals surface area contributed by atoms with E-state index < -0.39 is 0 Å². The third-order valence-electron chi connectivity index (χ3n) is 3.52. The number of benzene rings is 2. The van der Waals surface area contributed by atoms with Gasteiger partial charge in [-0.1, -0.05) is 10.3 Å². The molecule has 0 aliphatic heterocycles. The molecule has 0 N–H and O–H groups in total. The molecule has 0 saturated carbocycles. The molecule has 0 unspecified atom stereocenters. The summed E-state index contributed by atoms with van der Waals surface area (Å²) in [6.45, 7) is 3.64. The van der Waals surface area contributed by atoms with Crippen LogP contribution in [-0.4, -0.2) is 32.4 Å². The lowest BCUT2D eigenvalue weighted by molar-refractivity contribution is -0.0505. The summed E-state index contributed by atoms with van der Waals surface area (Å²) in [5, 5.41) is 8.01. The quantitative estimate of drug-likeness (QED) is 0.316. The molecule has 0 heterocycles. The first kappa shape index (κ1) is 18.3. The molecular weight excluding hydrogens is 320 g/mol. The van der Waals surface area contributed by atoms with Crippen LogP contribution in [-0.2, 0) is 9.68 Å². The van der Waals surface area contributed by atoms with E-state index in [2.05, 4.69) is 10.3 Å². The van der Waals surface area contributed by atoms with Crippen LogP contribution in [0, 0.1) is 0 Å². The number of hydrogen-bond donors (Lipinski definition) is 0. The minimum absolute atomic E-state index is 0.0685. The predicted octanol–water partition coefficient (Wildman–Crippen LogP) is 3.84. The summed E-state index contributed by atoms with van der Waals surface area (Å²) in [5.41, 5.74) is 3.36. The summed E-state index contributed by atoms with van der Waals surface area (Å²) in [4.78, 5) is 10.3. The maximum absolute atomic E-state index is 5.14. The van der Waals surface area contributed by atoms with Crippen LogP contribution < -0.4 is 9.47 Å². The molecule has 6 heteroatoms. The highest BCUT2D eigenvalue weighted by Crippen LogP contribution is 2.13. The van der Waals surface area contributed by atoms with Gasteiger partial charge < -0.3 is 19.1 Å². The maximum Gasteiger partial charge on any atom is 0.280 e. The Morgan fingerprint density at radius 1 is 0.680 bits per heavy atom. The average molecular weight is 342 g/mol. The van der Waals surface area contributed by atoms with Crippen LogP contribution in [0.25, 0.3) is 0 Å². The van der Waals surface area contributed by atoms with E-state index in [1.165, 1.54) is 0 Å². The zero-order valence-electron chi connectivity index (χ0n) is 14.9. The first-order chi connectivity index (χ1) is 12.1. The first-order valence-electron chi connectivity index (χ1n) is 7.76. The van der Waals surface area contributed by atoms with Gasteiger partial charge in [-0.15, -0.1) is 0 Å². The van der Waals surface area contributed by atoms with E-state index in [4.69, 9.17) is 19.1 Å². The summed E-state index contributed by atoms with van der Waals surface area (Å²) in [5.74, 6) is 1.59. The predicted molar refractivity (Wildman–Crippen MR) is 97.4 cm³/mol. The zero-order chi connectivity index (χ0) is 18.1. The van der Waals surface area contributed by atoms with Crippen molar-refractivity contribution in [3.8, 4) is 11.5 Å². The molecule has 0 saturated heterocycles. The van der Waals surface area contributed by atoms with E-state index in [1.807, 2.05) is 62.4 Å². The second-order valence-electron chi connectivity index (χ2n) is 5.19. The van der Waals surface area contributed by atoms with E-state index in [1.54, 1.807) is 14.2 Å². The lowest BCUT2D eigenvalue weighted by atomic mass is 10.1. The van der Waals surface area contributed by atoms with E-state index >= 15 is 0 Å². The Kier molecular flexibility index (Phi) is 6.83. The molecule has 25 heavy (non-hydrogen) atoms. The molecule has 0 radical (unpaired) electrons. The third-order valence-corrected chi connectivity index (χ3v) is 3.52. The molecule has 0 fully saturated rings. The van der Waals surface area contributed by atoms with Crippen molar-refractivity contribution in [3.05, 3.63) is 59.7 Å². The van der Waals surface area contributed by atoms with Gasteiger partial charge in [-0.3, -0.25) is 0 Å². The van der Waals surface area contributed by atoms with Gasteiger partial charge in [0.25, 0.3) is 6.79 Å². The van der Waals surface area contributed by atoms with Gasteiger partial charge in [-0.2, -0.15) is 0 Å². The molecule has 2 aromatic rings. The summed E-state index contributed by atoms with van der Waals surface area (Å²) >= 11 is 0. The van der Waals surface area contributed by atoms with Gasteiger partial charge in [0, 0.05) is 0 Å². The second kappa shape index (κ2) is 9.32. The first-order valence-corrected chi connectivity index (χ1v) is 7.76. The Hall–Kier alpha value is -3.02. The molecule has 0 aliphatic carbocycles. The molecule has 6 nitrogen and oxygen atoms in total. The SMILES string of the molecule is COc1ccc(/C(C)=N/OCO/N=C(\C)c2ccc(OC)cc2)cc1. The molecule has 0 bridgehead atoms. The number of rotatable bonds is 8. The van der Waals surface area contributed by atoms with Crippen molar-refractivity contribution in [1.29, 1.82) is 0 Å². The van der Waals surface area contributed by atoms with Crippen LogP contribution in [0.15, 0.2) is 58.8 Å². The highest BCUT2D eigenvalue weighted by Gasteiger charge is 2.00. The fourth-order valence-corrected chi connectivity index (χ4v) is 2.04. The Morgan fingerprint density at radius 3 is 1.36 bits per heavy atom. The van der Waals surface area contributed by atoms with Crippen molar-refractivity contribution in [2.45, 2.75) is 13.8 Å². The fourth-order valence-electron chi connectivity index (χ4n) is 2.04. The molecule has 132 valence electrons. The van der Waals surface area contributed by atoms with Gasteiger partial charge in [0.15, 0.2) is 0 Å². The smallest absolute Gasteiger partial charge is 0.280 e. The van der Waals surface area contributed by atoms with E-state index in [9.17, 15) is 0 Å². The normalized spacial score (nSPS) is 11.8. The standard InChI is InChI=1S/C19H22N2O4/c1-14(16-5-9-18(22-3)10-6-16)20-24-13-25-21-15(2)17-7-11-19(23-4)12-8-17/h5-12H,13H2,1-4H3/b20-14+,21-15+. The van der Waals surface area contributed by atoms with Crippen LogP contribution in [0.2, 0.25) is 0 Å². The summed E-state index contributed by atoms with van der Waals surface area (Å²) in [6.07, 6.45) is 0. The Bertz CT molecular complexity index is 659. The Morgan fingerprint density at radius 2 is 1.04 bits per heavy atom. The monoisotopic (exact) mass is 342 g/mol. The van der Waals surface area contributed by atoms with E-state index in [0.717, 1.165) is 34.0 Å². The molecule has 0 amide bonds. The molecule has 0 spiro atoms. The molecule has 0 aromatic heterocycles. The van der Waals surface area contributed by atoms with Gasteiger partial charge in [0.2, 0.25) is 0 Å². The minimum atomic E-state index is -0.0685. The molecular formula is C19H22N2O4. The Balaban J connectivity index is 1.82. The number of methoxy groups -OCH3 is 2. The lowest BCUT2D eigenvalue weighted by Crippen LogP contribution is -2.00. The summed E-state index contributed by atoms with van der Waals surface area (Å²) < 4.78 is 10.2. The zero-order valence-corrected chi connectivity index (χ0v) is 14.9. The van der Waals surface area contributed by atoms with Crippen molar-refractivity contribution in [3.63, 3.8) is 0 Å². The molecule has 0 atom stereocenters. The highest BCUT2D eigenvalue weighted by atomic mass is 16.8.